The van der Waals surface area contributed by atoms with Gasteiger partial charge in [-0.3, -0.25) is 0 Å². The van der Waals surface area contributed by atoms with Crippen molar-refractivity contribution in [1.82, 2.24) is 5.32 Å². The molecule has 0 aromatic carbocycles. The molecule has 0 aliphatic carbocycles. The minimum Gasteiger partial charge on any atom is -0.444 e. The van der Waals surface area contributed by atoms with Gasteiger partial charge in [0, 0.05) is 5.88 Å². The number of alkyl carbamates (subject to hydrolysis) is 1. The van der Waals surface area contributed by atoms with Crippen molar-refractivity contribution in [1.29, 1.82) is 0 Å². The molecule has 0 aliphatic heterocycles. The van der Waals surface area contributed by atoms with Crippen molar-refractivity contribution >= 4 is 29.5 Å². The summed E-state index contributed by atoms with van der Waals surface area (Å²) < 4.78 is 15.8. The lowest BCUT2D eigenvalue weighted by Crippen LogP contribution is -2.42. The number of hydrogen-bond donors (Lipinski definition) is 1. The second kappa shape index (κ2) is 11.5. The van der Waals surface area contributed by atoms with Crippen LogP contribution in [0.2, 0.25) is 0 Å². The summed E-state index contributed by atoms with van der Waals surface area (Å²) in [4.78, 5) is 11.6. The molecule has 0 aromatic rings. The van der Waals surface area contributed by atoms with Gasteiger partial charge < -0.3 is 19.5 Å². The molecule has 1 unspecified atom stereocenters. The van der Waals surface area contributed by atoms with Gasteiger partial charge in [-0.15, -0.1) is 11.6 Å². The van der Waals surface area contributed by atoms with Crippen LogP contribution in [0, 0.1) is 0 Å². The first kappa shape index (κ1) is 19.8. The van der Waals surface area contributed by atoms with Gasteiger partial charge in [-0.2, -0.15) is 11.8 Å². The van der Waals surface area contributed by atoms with E-state index in [1.54, 1.807) is 32.5 Å². The Bertz CT molecular complexity index is 261. The zero-order valence-corrected chi connectivity index (χ0v) is 14.3. The van der Waals surface area contributed by atoms with E-state index in [1.807, 2.05) is 0 Å². The Morgan fingerprint density at radius 1 is 1.35 bits per heavy atom. The second-order valence-corrected chi connectivity index (χ2v) is 6.53. The number of hydrogen-bond acceptors (Lipinski definition) is 5. The van der Waals surface area contributed by atoms with Gasteiger partial charge in [-0.05, 0) is 39.2 Å². The quantitative estimate of drug-likeness (QED) is 0.380. The van der Waals surface area contributed by atoms with E-state index in [1.165, 1.54) is 0 Å². The largest absolute Gasteiger partial charge is 0.444 e. The van der Waals surface area contributed by atoms with Gasteiger partial charge in [0.15, 0.2) is 0 Å². The first-order chi connectivity index (χ1) is 9.39. The second-order valence-electron chi connectivity index (χ2n) is 5.24. The maximum Gasteiger partial charge on any atom is 0.407 e. The van der Waals surface area contributed by atoms with E-state index in [0.717, 1.165) is 12.2 Å². The summed E-state index contributed by atoms with van der Waals surface area (Å²) in [6.07, 6.45) is 2.57. The molecular formula is C13H26ClNO4S. The van der Waals surface area contributed by atoms with Crippen LogP contribution in [0.4, 0.5) is 4.79 Å². The lowest BCUT2D eigenvalue weighted by atomic mass is 10.2. The Kier molecular flexibility index (Phi) is 11.4. The molecule has 1 amide bonds. The van der Waals surface area contributed by atoms with Gasteiger partial charge in [0.2, 0.25) is 0 Å². The standard InChI is InChI=1S/C13H26ClNO4S/c1-13(2,3)19-12(16)15-11(8-14)9-18-10-17-6-5-7-20-4/h11H,5-10H2,1-4H3,(H,15,16). The molecule has 1 N–H and O–H groups in total. The van der Waals surface area contributed by atoms with Gasteiger partial charge >= 0.3 is 6.09 Å². The third-order valence-electron chi connectivity index (χ3n) is 2.03. The maximum atomic E-state index is 11.6. The van der Waals surface area contributed by atoms with Gasteiger partial charge in [0.25, 0.3) is 0 Å². The minimum absolute atomic E-state index is 0.206. The van der Waals surface area contributed by atoms with Crippen LogP contribution < -0.4 is 5.32 Å². The number of alkyl halides is 1. The van der Waals surface area contributed by atoms with Crippen molar-refractivity contribution in [3.05, 3.63) is 0 Å². The summed E-state index contributed by atoms with van der Waals surface area (Å²) in [5.74, 6) is 1.33. The Balaban J connectivity index is 3.69. The third kappa shape index (κ3) is 12.8. The van der Waals surface area contributed by atoms with Gasteiger partial charge in [-0.1, -0.05) is 0 Å². The summed E-state index contributed by atoms with van der Waals surface area (Å²) in [7, 11) is 0. The van der Waals surface area contributed by atoms with Crippen LogP contribution in [-0.4, -0.2) is 55.6 Å². The van der Waals surface area contributed by atoms with E-state index in [4.69, 9.17) is 25.8 Å². The fourth-order valence-corrected chi connectivity index (χ4v) is 1.79. The Morgan fingerprint density at radius 3 is 2.60 bits per heavy atom. The van der Waals surface area contributed by atoms with Crippen molar-refractivity contribution in [3.63, 3.8) is 0 Å². The number of nitrogens with one attached hydrogen (secondary N) is 1. The highest BCUT2D eigenvalue weighted by Gasteiger charge is 2.19. The van der Waals surface area contributed by atoms with E-state index < -0.39 is 11.7 Å². The zero-order chi connectivity index (χ0) is 15.4. The molecule has 0 fully saturated rings. The lowest BCUT2D eigenvalue weighted by molar-refractivity contribution is -0.0583. The molecule has 0 aromatic heterocycles. The van der Waals surface area contributed by atoms with E-state index in [-0.39, 0.29) is 18.7 Å². The molecule has 0 radical (unpaired) electrons. The summed E-state index contributed by atoms with van der Waals surface area (Å²) in [6.45, 7) is 6.60. The molecule has 0 spiro atoms. The molecule has 0 bridgehead atoms. The van der Waals surface area contributed by atoms with Crippen molar-refractivity contribution in [2.75, 3.05) is 37.9 Å². The highest BCUT2D eigenvalue weighted by Crippen LogP contribution is 2.07. The van der Waals surface area contributed by atoms with Crippen LogP contribution in [-0.2, 0) is 14.2 Å². The van der Waals surface area contributed by atoms with E-state index in [0.29, 0.717) is 13.2 Å². The van der Waals surface area contributed by atoms with Crippen LogP contribution in [0.5, 0.6) is 0 Å². The number of halogens is 1. The molecule has 0 saturated heterocycles. The minimum atomic E-state index is -0.526. The van der Waals surface area contributed by atoms with Crippen LogP contribution >= 0.6 is 23.4 Å². The van der Waals surface area contributed by atoms with Gasteiger partial charge in [-0.25, -0.2) is 4.79 Å². The average molecular weight is 328 g/mol. The lowest BCUT2D eigenvalue weighted by Gasteiger charge is -2.22. The van der Waals surface area contributed by atoms with Crippen LogP contribution in [0.15, 0.2) is 0 Å². The highest BCUT2D eigenvalue weighted by molar-refractivity contribution is 7.98. The number of amides is 1. The molecule has 1 atom stereocenters. The van der Waals surface area contributed by atoms with Crippen molar-refractivity contribution in [2.24, 2.45) is 0 Å². The Morgan fingerprint density at radius 2 is 2.05 bits per heavy atom. The number of ether oxygens (including phenoxy) is 3. The molecule has 0 rings (SSSR count). The number of rotatable bonds is 10. The monoisotopic (exact) mass is 327 g/mol. The average Bonchev–Trinajstić information content (AvgIpc) is 2.34. The van der Waals surface area contributed by atoms with E-state index >= 15 is 0 Å². The summed E-state index contributed by atoms with van der Waals surface area (Å²) in [6, 6.07) is -0.290. The number of carbonyl (C=O) groups excluding carboxylic acids is 1. The number of carbonyl (C=O) groups is 1. The molecular weight excluding hydrogens is 302 g/mol. The van der Waals surface area contributed by atoms with Crippen LogP contribution in [0.1, 0.15) is 27.2 Å². The summed E-state index contributed by atoms with van der Waals surface area (Å²) >= 11 is 7.56. The van der Waals surface area contributed by atoms with Crippen molar-refractivity contribution in [3.8, 4) is 0 Å². The topological polar surface area (TPSA) is 56.8 Å². The highest BCUT2D eigenvalue weighted by atomic mass is 35.5. The first-order valence-electron chi connectivity index (χ1n) is 6.59. The van der Waals surface area contributed by atoms with E-state index in [9.17, 15) is 4.79 Å². The predicted molar refractivity (Wildman–Crippen MR) is 83.6 cm³/mol. The van der Waals surface area contributed by atoms with Gasteiger partial charge in [0.1, 0.15) is 12.4 Å². The third-order valence-corrected chi connectivity index (χ3v) is 3.10. The van der Waals surface area contributed by atoms with Crippen LogP contribution in [0.25, 0.3) is 0 Å². The molecule has 0 aliphatic rings. The fraction of sp³-hybridized carbons (Fsp3) is 0.923. The van der Waals surface area contributed by atoms with Crippen molar-refractivity contribution < 1.29 is 19.0 Å². The first-order valence-corrected chi connectivity index (χ1v) is 8.51. The summed E-state index contributed by atoms with van der Waals surface area (Å²) in [5, 5.41) is 2.66. The zero-order valence-electron chi connectivity index (χ0n) is 12.7. The molecule has 20 heavy (non-hydrogen) atoms. The predicted octanol–water partition coefficient (Wildman–Crippen LogP) is 2.86. The van der Waals surface area contributed by atoms with Crippen LogP contribution in [0.3, 0.4) is 0 Å². The molecule has 0 saturated carbocycles. The Labute approximate surface area is 131 Å². The smallest absolute Gasteiger partial charge is 0.407 e. The molecule has 0 heterocycles. The SMILES string of the molecule is CSCCCOCOCC(CCl)NC(=O)OC(C)(C)C. The number of thioether (sulfide) groups is 1. The maximum absolute atomic E-state index is 11.6. The molecule has 5 nitrogen and oxygen atoms in total. The van der Waals surface area contributed by atoms with Crippen molar-refractivity contribution in [2.45, 2.75) is 38.8 Å². The van der Waals surface area contributed by atoms with E-state index in [2.05, 4.69) is 11.6 Å². The normalized spacial score (nSPS) is 13.1. The fourth-order valence-electron chi connectivity index (χ4n) is 1.21. The Hall–Kier alpha value is -0.170. The molecule has 7 heteroatoms. The molecule has 120 valence electrons. The summed E-state index contributed by atoms with van der Waals surface area (Å²) in [5.41, 5.74) is -0.526. The van der Waals surface area contributed by atoms with Gasteiger partial charge in [0.05, 0.1) is 19.3 Å².